The lowest BCUT2D eigenvalue weighted by Gasteiger charge is -2.12. The number of aromatic nitrogens is 3. The van der Waals surface area contributed by atoms with Gasteiger partial charge in [-0.2, -0.15) is 0 Å². The van der Waals surface area contributed by atoms with E-state index in [0.717, 1.165) is 11.3 Å². The summed E-state index contributed by atoms with van der Waals surface area (Å²) in [6, 6.07) is 11.0. The normalized spacial score (nSPS) is 15.9. The molecule has 4 rings (SSSR count). The maximum Gasteiger partial charge on any atom is 0.174 e. The lowest BCUT2D eigenvalue weighted by molar-refractivity contribution is 0.586. The van der Waals surface area contributed by atoms with Crippen LogP contribution in [0.4, 0.5) is 8.78 Å². The van der Waals surface area contributed by atoms with Gasteiger partial charge in [0, 0.05) is 11.8 Å². The highest BCUT2D eigenvalue weighted by atomic mass is 19.1. The Kier molecular flexibility index (Phi) is 3.04. The van der Waals surface area contributed by atoms with Crippen molar-refractivity contribution in [2.75, 3.05) is 0 Å². The highest BCUT2D eigenvalue weighted by Crippen LogP contribution is 2.32. The van der Waals surface area contributed by atoms with E-state index in [0.29, 0.717) is 5.82 Å². The fraction of sp³-hybridized carbons (Fsp3) is 0.118. The summed E-state index contributed by atoms with van der Waals surface area (Å²) in [6.07, 6.45) is 1.75. The van der Waals surface area contributed by atoms with Crippen molar-refractivity contribution in [1.82, 2.24) is 14.8 Å². The van der Waals surface area contributed by atoms with Crippen LogP contribution in [0.1, 0.15) is 24.4 Å². The molecule has 0 bridgehead atoms. The van der Waals surface area contributed by atoms with Crippen molar-refractivity contribution in [3.8, 4) is 17.1 Å². The van der Waals surface area contributed by atoms with Crippen molar-refractivity contribution in [2.45, 2.75) is 13.0 Å². The molecule has 1 aliphatic rings. The third-order valence-corrected chi connectivity index (χ3v) is 3.86. The molecule has 1 unspecified atom stereocenters. The minimum absolute atomic E-state index is 0.139. The lowest BCUT2D eigenvalue weighted by Crippen LogP contribution is -2.06. The van der Waals surface area contributed by atoms with Gasteiger partial charge in [-0.25, -0.2) is 8.78 Å². The first-order chi connectivity index (χ1) is 11.2. The molecule has 114 valence electrons. The van der Waals surface area contributed by atoms with Crippen LogP contribution in [0.25, 0.3) is 17.1 Å². The summed E-state index contributed by atoms with van der Waals surface area (Å²) in [5.74, 6) is -0.657. The smallest absolute Gasteiger partial charge is 0.174 e. The van der Waals surface area contributed by atoms with Gasteiger partial charge in [0.2, 0.25) is 0 Å². The van der Waals surface area contributed by atoms with E-state index < -0.39 is 11.6 Å². The van der Waals surface area contributed by atoms with E-state index >= 15 is 0 Å². The molecule has 6 heteroatoms. The number of aliphatic imine (C=N–C) groups is 1. The van der Waals surface area contributed by atoms with Gasteiger partial charge in [-0.05, 0) is 25.1 Å². The van der Waals surface area contributed by atoms with Crippen LogP contribution in [0.5, 0.6) is 0 Å². The van der Waals surface area contributed by atoms with Gasteiger partial charge in [-0.1, -0.05) is 24.3 Å². The zero-order valence-corrected chi connectivity index (χ0v) is 12.2. The van der Waals surface area contributed by atoms with Gasteiger partial charge < -0.3 is 0 Å². The Bertz CT molecular complexity index is 910. The third kappa shape index (κ3) is 2.06. The van der Waals surface area contributed by atoms with Crippen LogP contribution in [0.15, 0.2) is 47.5 Å². The van der Waals surface area contributed by atoms with Crippen LogP contribution in [0.2, 0.25) is 0 Å². The molecule has 4 nitrogen and oxygen atoms in total. The molecule has 0 fully saturated rings. The fourth-order valence-electron chi connectivity index (χ4n) is 2.74. The number of rotatable bonds is 1. The second-order valence-corrected chi connectivity index (χ2v) is 5.33. The Labute approximate surface area is 131 Å². The van der Waals surface area contributed by atoms with Crippen molar-refractivity contribution in [1.29, 1.82) is 0 Å². The lowest BCUT2D eigenvalue weighted by atomic mass is 10.1. The average molecular weight is 310 g/mol. The summed E-state index contributed by atoms with van der Waals surface area (Å²) in [6.45, 7) is 1.87. The average Bonchev–Trinajstić information content (AvgIpc) is 2.91. The monoisotopic (exact) mass is 310 g/mol. The van der Waals surface area contributed by atoms with E-state index in [4.69, 9.17) is 0 Å². The summed E-state index contributed by atoms with van der Waals surface area (Å²) in [5.41, 5.74) is 1.41. The first-order valence-corrected chi connectivity index (χ1v) is 7.19. The number of nitrogens with zero attached hydrogens (tertiary/aromatic N) is 4. The van der Waals surface area contributed by atoms with Gasteiger partial charge in [0.25, 0.3) is 0 Å². The van der Waals surface area contributed by atoms with Crippen molar-refractivity contribution in [3.63, 3.8) is 0 Å². The molecular weight excluding hydrogens is 298 g/mol. The van der Waals surface area contributed by atoms with E-state index in [1.807, 2.05) is 31.2 Å². The molecule has 1 atom stereocenters. The highest BCUT2D eigenvalue weighted by molar-refractivity contribution is 5.86. The number of hydrogen-bond acceptors (Lipinski definition) is 3. The molecule has 0 N–H and O–H groups in total. The second kappa shape index (κ2) is 5.08. The molecule has 2 heterocycles. The van der Waals surface area contributed by atoms with Crippen LogP contribution >= 0.6 is 0 Å². The largest absolute Gasteiger partial charge is 0.281 e. The quantitative estimate of drug-likeness (QED) is 0.688. The molecule has 0 radical (unpaired) electrons. The predicted molar refractivity (Wildman–Crippen MR) is 82.7 cm³/mol. The molecule has 1 aromatic heterocycles. The van der Waals surface area contributed by atoms with Crippen LogP contribution in [-0.2, 0) is 0 Å². The van der Waals surface area contributed by atoms with Gasteiger partial charge >= 0.3 is 0 Å². The number of para-hydroxylation sites is 1. The number of fused-ring (bicyclic) bond motifs is 3. The van der Waals surface area contributed by atoms with Gasteiger partial charge in [-0.15, -0.1) is 10.2 Å². The SMILES string of the molecule is CC1N=Cc2ccccc2-n2c(-c3c(F)cccc3F)nnc21. The Morgan fingerprint density at radius 3 is 2.48 bits per heavy atom. The maximum absolute atomic E-state index is 14.2. The second-order valence-electron chi connectivity index (χ2n) is 5.33. The summed E-state index contributed by atoms with van der Waals surface area (Å²) >= 11 is 0. The maximum atomic E-state index is 14.2. The molecule has 23 heavy (non-hydrogen) atoms. The molecule has 3 aromatic rings. The van der Waals surface area contributed by atoms with Crippen LogP contribution < -0.4 is 0 Å². The Hall–Kier alpha value is -2.89. The third-order valence-electron chi connectivity index (χ3n) is 3.86. The van der Waals surface area contributed by atoms with Crippen LogP contribution in [0, 0.1) is 11.6 Å². The first kappa shape index (κ1) is 13.8. The number of benzene rings is 2. The molecular formula is C17H12F2N4. The molecule has 0 saturated heterocycles. The zero-order valence-electron chi connectivity index (χ0n) is 12.2. The van der Waals surface area contributed by atoms with E-state index in [1.165, 1.54) is 18.2 Å². The molecule has 0 saturated carbocycles. The topological polar surface area (TPSA) is 43.1 Å². The Morgan fingerprint density at radius 2 is 1.70 bits per heavy atom. The van der Waals surface area contributed by atoms with Gasteiger partial charge in [-0.3, -0.25) is 9.56 Å². The summed E-state index contributed by atoms with van der Waals surface area (Å²) < 4.78 is 30.1. The molecule has 0 aliphatic carbocycles. The Balaban J connectivity index is 2.07. The predicted octanol–water partition coefficient (Wildman–Crippen LogP) is 3.71. The minimum Gasteiger partial charge on any atom is -0.281 e. The zero-order chi connectivity index (χ0) is 16.0. The number of hydrogen-bond donors (Lipinski definition) is 0. The number of halogens is 2. The molecule has 1 aliphatic heterocycles. The first-order valence-electron chi connectivity index (χ1n) is 7.19. The summed E-state index contributed by atoms with van der Waals surface area (Å²) in [7, 11) is 0. The van der Waals surface area contributed by atoms with Crippen LogP contribution in [0.3, 0.4) is 0 Å². The van der Waals surface area contributed by atoms with E-state index in [9.17, 15) is 8.78 Å². The van der Waals surface area contributed by atoms with Gasteiger partial charge in [0.15, 0.2) is 11.6 Å². The van der Waals surface area contributed by atoms with E-state index in [-0.39, 0.29) is 17.4 Å². The molecule has 0 amide bonds. The summed E-state index contributed by atoms with van der Waals surface area (Å²) in [5, 5.41) is 8.16. The van der Waals surface area contributed by atoms with Gasteiger partial charge in [0.1, 0.15) is 17.7 Å². The minimum atomic E-state index is -0.671. The fourth-order valence-corrected chi connectivity index (χ4v) is 2.74. The Morgan fingerprint density at radius 1 is 0.957 bits per heavy atom. The summed E-state index contributed by atoms with van der Waals surface area (Å²) in [4.78, 5) is 4.42. The van der Waals surface area contributed by atoms with Crippen molar-refractivity contribution >= 4 is 6.21 Å². The molecule has 0 spiro atoms. The van der Waals surface area contributed by atoms with E-state index in [2.05, 4.69) is 15.2 Å². The highest BCUT2D eigenvalue weighted by Gasteiger charge is 2.26. The van der Waals surface area contributed by atoms with Crippen LogP contribution in [-0.4, -0.2) is 21.0 Å². The van der Waals surface area contributed by atoms with Gasteiger partial charge in [0.05, 0.1) is 11.3 Å². The molecule has 2 aromatic carbocycles. The van der Waals surface area contributed by atoms with E-state index in [1.54, 1.807) is 10.8 Å². The van der Waals surface area contributed by atoms with Crippen molar-refractivity contribution in [3.05, 3.63) is 65.5 Å². The van der Waals surface area contributed by atoms with Crippen molar-refractivity contribution in [2.24, 2.45) is 4.99 Å². The van der Waals surface area contributed by atoms with Crippen molar-refractivity contribution < 1.29 is 8.78 Å². The standard InChI is InChI=1S/C17H12F2N4/c1-10-16-21-22-17(15-12(18)6-4-7-13(15)19)23(16)14-8-3-2-5-11(14)9-20-10/h2-10H,1H3.